The van der Waals surface area contributed by atoms with Crippen LogP contribution in [0.1, 0.15) is 32.4 Å². The number of thiocarbonyl (C=S) groups is 1. The number of carbonyl (C=O) groups is 1. The van der Waals surface area contributed by atoms with Crippen LogP contribution in [0.5, 0.6) is 5.75 Å². The van der Waals surface area contributed by atoms with Gasteiger partial charge in [-0.1, -0.05) is 26.0 Å². The summed E-state index contributed by atoms with van der Waals surface area (Å²) in [5, 5.41) is 3.49. The van der Waals surface area contributed by atoms with E-state index in [-0.39, 0.29) is 18.6 Å². The average molecular weight is 378 g/mol. The molecule has 0 saturated heterocycles. The predicted octanol–water partition coefficient (Wildman–Crippen LogP) is 2.92. The zero-order valence-electron chi connectivity index (χ0n) is 15.7. The molecule has 26 heavy (non-hydrogen) atoms. The number of nitrogens with one attached hydrogen (secondary N) is 1. The van der Waals surface area contributed by atoms with Gasteiger partial charge in [0.1, 0.15) is 18.3 Å². The monoisotopic (exact) mass is 378 g/mol. The van der Waals surface area contributed by atoms with Crippen LogP contribution < -0.4 is 10.1 Å². The topological polar surface area (TPSA) is 69.2 Å². The van der Waals surface area contributed by atoms with Crippen LogP contribution in [0.15, 0.2) is 29.3 Å². The molecule has 0 spiro atoms. The normalized spacial score (nSPS) is 19.7. The Morgan fingerprint density at radius 2 is 1.96 bits per heavy atom. The maximum Gasteiger partial charge on any atom is 0.317 e. The molecule has 0 radical (unpaired) electrons. The molecule has 1 aromatic rings. The molecule has 0 aliphatic carbocycles. The van der Waals surface area contributed by atoms with Gasteiger partial charge in [0.2, 0.25) is 0 Å². The quantitative estimate of drug-likeness (QED) is 0.426. The van der Waals surface area contributed by atoms with Gasteiger partial charge in [0.15, 0.2) is 5.11 Å². The van der Waals surface area contributed by atoms with E-state index in [4.69, 9.17) is 26.4 Å². The van der Waals surface area contributed by atoms with Crippen molar-refractivity contribution in [3.05, 3.63) is 29.8 Å². The Bertz CT molecular complexity index is 658. The first kappa shape index (κ1) is 20.3. The second kappa shape index (κ2) is 9.64. The van der Waals surface area contributed by atoms with Crippen LogP contribution >= 0.6 is 12.2 Å². The predicted molar refractivity (Wildman–Crippen MR) is 105 cm³/mol. The number of ether oxygens (including phenoxy) is 3. The summed E-state index contributed by atoms with van der Waals surface area (Å²) in [6.07, 6.45) is 0. The summed E-state index contributed by atoms with van der Waals surface area (Å²) in [5.74, 6) is 0.368. The summed E-state index contributed by atoms with van der Waals surface area (Å²) < 4.78 is 16.0. The van der Waals surface area contributed by atoms with Crippen LogP contribution in [-0.2, 0) is 14.3 Å². The standard InChI is InChI=1S/C19H26N2O4S/c1-12(2)11-25-15-7-5-14(6-8-15)17-16(13(3)20-19(26)21-17)18(22)24-10-9-23-4/h5-8,12,16-17H,9-11H2,1-4H3,(H,21,26). The number of rotatable bonds is 8. The Balaban J connectivity index is 2.16. The first-order chi connectivity index (χ1) is 12.4. The zero-order chi connectivity index (χ0) is 19.1. The van der Waals surface area contributed by atoms with Crippen molar-refractivity contribution in [1.82, 2.24) is 5.32 Å². The molecule has 0 saturated carbocycles. The fourth-order valence-corrected chi connectivity index (χ4v) is 2.92. The van der Waals surface area contributed by atoms with Gasteiger partial charge in [-0.25, -0.2) is 4.99 Å². The third-order valence-corrected chi connectivity index (χ3v) is 4.16. The number of benzene rings is 1. The summed E-state index contributed by atoms with van der Waals surface area (Å²) >= 11 is 5.21. The SMILES string of the molecule is COCCOC(=O)C1C(C)=NC(=S)NC1c1ccc(OCC(C)C)cc1. The molecule has 0 fully saturated rings. The van der Waals surface area contributed by atoms with Gasteiger partial charge in [-0.05, 0) is 42.8 Å². The first-order valence-electron chi connectivity index (χ1n) is 8.66. The third-order valence-electron chi connectivity index (χ3n) is 3.95. The molecular formula is C19H26N2O4S. The summed E-state index contributed by atoms with van der Waals surface area (Å²) in [4.78, 5) is 16.8. The van der Waals surface area contributed by atoms with E-state index in [2.05, 4.69) is 24.2 Å². The van der Waals surface area contributed by atoms with E-state index in [1.165, 1.54) is 0 Å². The highest BCUT2D eigenvalue weighted by Gasteiger charge is 2.36. The number of hydrogen-bond acceptors (Lipinski definition) is 5. The number of hydrogen-bond donors (Lipinski definition) is 1. The summed E-state index contributed by atoms with van der Waals surface area (Å²) in [5.41, 5.74) is 1.56. The molecule has 7 heteroatoms. The minimum Gasteiger partial charge on any atom is -0.493 e. The van der Waals surface area contributed by atoms with Gasteiger partial charge in [-0.15, -0.1) is 0 Å². The number of nitrogens with zero attached hydrogens (tertiary/aromatic N) is 1. The van der Waals surface area contributed by atoms with Crippen molar-refractivity contribution in [1.29, 1.82) is 0 Å². The van der Waals surface area contributed by atoms with Crippen molar-refractivity contribution in [2.45, 2.75) is 26.8 Å². The molecule has 6 nitrogen and oxygen atoms in total. The van der Waals surface area contributed by atoms with Crippen molar-refractivity contribution >= 4 is 29.0 Å². The lowest BCUT2D eigenvalue weighted by atomic mass is 9.88. The minimum atomic E-state index is -0.541. The number of esters is 1. The summed E-state index contributed by atoms with van der Waals surface area (Å²) in [6, 6.07) is 7.34. The Hall–Kier alpha value is -1.99. The molecule has 2 atom stereocenters. The smallest absolute Gasteiger partial charge is 0.317 e. The molecule has 0 amide bonds. The molecule has 0 aromatic heterocycles. The van der Waals surface area contributed by atoms with Crippen molar-refractivity contribution in [3.8, 4) is 5.75 Å². The van der Waals surface area contributed by atoms with Crippen LogP contribution in [0.3, 0.4) is 0 Å². The van der Waals surface area contributed by atoms with Crippen LogP contribution in [0, 0.1) is 11.8 Å². The van der Waals surface area contributed by atoms with Gasteiger partial charge in [0.25, 0.3) is 0 Å². The van der Waals surface area contributed by atoms with E-state index in [1.54, 1.807) is 14.0 Å². The van der Waals surface area contributed by atoms with E-state index in [9.17, 15) is 4.79 Å². The minimum absolute atomic E-state index is 0.207. The summed E-state index contributed by atoms with van der Waals surface area (Å²) in [7, 11) is 1.56. The fraction of sp³-hybridized carbons (Fsp3) is 0.526. The Kier molecular flexibility index (Phi) is 7.53. The molecule has 1 N–H and O–H groups in total. The maximum atomic E-state index is 12.6. The Labute approximate surface area is 159 Å². The highest BCUT2D eigenvalue weighted by Crippen LogP contribution is 2.29. The van der Waals surface area contributed by atoms with E-state index in [0.717, 1.165) is 11.3 Å². The van der Waals surface area contributed by atoms with Gasteiger partial charge in [-0.3, -0.25) is 4.79 Å². The molecule has 142 valence electrons. The van der Waals surface area contributed by atoms with Gasteiger partial charge >= 0.3 is 5.97 Å². The largest absolute Gasteiger partial charge is 0.493 e. The lowest BCUT2D eigenvalue weighted by molar-refractivity contribution is -0.148. The van der Waals surface area contributed by atoms with E-state index >= 15 is 0 Å². The Morgan fingerprint density at radius 3 is 2.58 bits per heavy atom. The zero-order valence-corrected chi connectivity index (χ0v) is 16.5. The van der Waals surface area contributed by atoms with Gasteiger partial charge in [0.05, 0.1) is 19.3 Å². The van der Waals surface area contributed by atoms with Gasteiger partial charge < -0.3 is 19.5 Å². The lowest BCUT2D eigenvalue weighted by Gasteiger charge is -2.31. The van der Waals surface area contributed by atoms with E-state index in [0.29, 0.717) is 30.0 Å². The number of aliphatic imine (C=N–C) groups is 1. The molecule has 1 heterocycles. The average Bonchev–Trinajstić information content (AvgIpc) is 2.59. The lowest BCUT2D eigenvalue weighted by Crippen LogP contribution is -2.44. The molecular weight excluding hydrogens is 352 g/mol. The third kappa shape index (κ3) is 5.51. The van der Waals surface area contributed by atoms with Crippen LogP contribution in [0.2, 0.25) is 0 Å². The second-order valence-corrected chi connectivity index (χ2v) is 6.98. The van der Waals surface area contributed by atoms with Gasteiger partial charge in [0, 0.05) is 12.8 Å². The fourth-order valence-electron chi connectivity index (χ4n) is 2.65. The van der Waals surface area contributed by atoms with Gasteiger partial charge in [-0.2, -0.15) is 0 Å². The van der Waals surface area contributed by atoms with Crippen molar-refractivity contribution in [2.24, 2.45) is 16.8 Å². The first-order valence-corrected chi connectivity index (χ1v) is 9.07. The van der Waals surface area contributed by atoms with Crippen LogP contribution in [-0.4, -0.2) is 43.7 Å². The van der Waals surface area contributed by atoms with E-state index < -0.39 is 5.92 Å². The van der Waals surface area contributed by atoms with Crippen LogP contribution in [0.25, 0.3) is 0 Å². The highest BCUT2D eigenvalue weighted by atomic mass is 32.1. The molecule has 2 unspecified atom stereocenters. The summed E-state index contributed by atoms with van der Waals surface area (Å²) in [6.45, 7) is 7.21. The number of methoxy groups -OCH3 is 1. The highest BCUT2D eigenvalue weighted by molar-refractivity contribution is 7.80. The van der Waals surface area contributed by atoms with Crippen molar-refractivity contribution in [3.63, 3.8) is 0 Å². The molecule has 1 aliphatic rings. The molecule has 1 aromatic carbocycles. The number of carbonyl (C=O) groups excluding carboxylic acids is 1. The molecule has 0 bridgehead atoms. The molecule has 1 aliphatic heterocycles. The molecule has 2 rings (SSSR count). The van der Waals surface area contributed by atoms with Crippen molar-refractivity contribution in [2.75, 3.05) is 26.9 Å². The Morgan fingerprint density at radius 1 is 1.27 bits per heavy atom. The van der Waals surface area contributed by atoms with E-state index in [1.807, 2.05) is 24.3 Å². The maximum absolute atomic E-state index is 12.6. The second-order valence-electron chi connectivity index (χ2n) is 6.59. The van der Waals surface area contributed by atoms with Crippen LogP contribution in [0.4, 0.5) is 0 Å². The van der Waals surface area contributed by atoms with Crippen molar-refractivity contribution < 1.29 is 19.0 Å².